The van der Waals surface area contributed by atoms with E-state index in [4.69, 9.17) is 0 Å². The number of carbonyl (C=O) groups excluding carboxylic acids is 1. The van der Waals surface area contributed by atoms with Crippen LogP contribution in [0.5, 0.6) is 0 Å². The second-order valence-electron chi connectivity index (χ2n) is 6.14. The molecule has 26 heavy (non-hydrogen) atoms. The first-order valence-corrected chi connectivity index (χ1v) is 10.3. The largest absolute Gasteiger partial charge is 0.352 e. The van der Waals surface area contributed by atoms with Crippen LogP contribution in [-0.2, 0) is 16.4 Å². The predicted molar refractivity (Wildman–Crippen MR) is 97.5 cm³/mol. The lowest BCUT2D eigenvalue weighted by Crippen LogP contribution is -2.37. The summed E-state index contributed by atoms with van der Waals surface area (Å²) in [7, 11) is -2.97. The summed E-state index contributed by atoms with van der Waals surface area (Å²) in [6.07, 6.45) is 6.86. The van der Waals surface area contributed by atoms with E-state index in [1.807, 2.05) is 24.0 Å². The Balaban J connectivity index is 1.64. The molecule has 1 amide bonds. The molecule has 8 nitrogen and oxygen atoms in total. The number of sulfone groups is 1. The molecule has 0 aromatic carbocycles. The summed E-state index contributed by atoms with van der Waals surface area (Å²) in [6, 6.07) is 3.55. The number of amides is 1. The Bertz CT molecular complexity index is 856. The van der Waals surface area contributed by atoms with Gasteiger partial charge in [0.2, 0.25) is 0 Å². The first kappa shape index (κ1) is 18.2. The fourth-order valence-corrected chi connectivity index (χ4v) is 4.72. The number of hydrogen-bond donors (Lipinski definition) is 1. The molecule has 1 unspecified atom stereocenters. The molecule has 0 aliphatic carbocycles. The molecule has 1 fully saturated rings. The number of pyridine rings is 1. The smallest absolute Gasteiger partial charge is 0.271 e. The van der Waals surface area contributed by atoms with Gasteiger partial charge in [-0.1, -0.05) is 0 Å². The van der Waals surface area contributed by atoms with Crippen molar-refractivity contribution in [3.63, 3.8) is 0 Å². The maximum Gasteiger partial charge on any atom is 0.271 e. The Morgan fingerprint density at radius 3 is 2.62 bits per heavy atom. The van der Waals surface area contributed by atoms with Gasteiger partial charge in [-0.25, -0.2) is 18.4 Å². The second-order valence-corrected chi connectivity index (χ2v) is 8.37. The molecule has 3 heterocycles. The van der Waals surface area contributed by atoms with Gasteiger partial charge in [0.05, 0.1) is 23.9 Å². The first-order chi connectivity index (χ1) is 12.5. The van der Waals surface area contributed by atoms with E-state index >= 15 is 0 Å². The van der Waals surface area contributed by atoms with Crippen LogP contribution in [0.4, 0.5) is 5.82 Å². The molecule has 2 aromatic rings. The number of rotatable bonds is 6. The summed E-state index contributed by atoms with van der Waals surface area (Å²) in [4.78, 5) is 26.5. The average molecular weight is 375 g/mol. The van der Waals surface area contributed by atoms with E-state index in [9.17, 15) is 13.2 Å². The highest BCUT2D eigenvalue weighted by Crippen LogP contribution is 2.22. The topological polar surface area (TPSA) is 105 Å². The van der Waals surface area contributed by atoms with Gasteiger partial charge in [-0.2, -0.15) is 0 Å². The van der Waals surface area contributed by atoms with Gasteiger partial charge in [0.1, 0.15) is 11.5 Å². The van der Waals surface area contributed by atoms with Gasteiger partial charge < -0.3 is 10.2 Å². The summed E-state index contributed by atoms with van der Waals surface area (Å²) in [5.41, 5.74) is 1.16. The summed E-state index contributed by atoms with van der Waals surface area (Å²) >= 11 is 0. The van der Waals surface area contributed by atoms with Crippen LogP contribution in [0.1, 0.15) is 29.4 Å². The van der Waals surface area contributed by atoms with Crippen LogP contribution < -0.4 is 10.2 Å². The minimum atomic E-state index is -2.97. The molecule has 1 saturated heterocycles. The third-order valence-corrected chi connectivity index (χ3v) is 6.11. The van der Waals surface area contributed by atoms with Gasteiger partial charge in [0.15, 0.2) is 9.84 Å². The predicted octanol–water partition coefficient (Wildman–Crippen LogP) is 0.815. The van der Waals surface area contributed by atoms with Crippen LogP contribution in [0.2, 0.25) is 0 Å². The Morgan fingerprint density at radius 2 is 2.04 bits per heavy atom. The van der Waals surface area contributed by atoms with Gasteiger partial charge in [0, 0.05) is 31.5 Å². The van der Waals surface area contributed by atoms with Crippen LogP contribution in [0.15, 0.2) is 36.9 Å². The maximum absolute atomic E-state index is 12.2. The fourth-order valence-electron chi connectivity index (χ4n) is 2.99. The van der Waals surface area contributed by atoms with Crippen molar-refractivity contribution < 1.29 is 13.2 Å². The molecule has 1 atom stereocenters. The highest BCUT2D eigenvalue weighted by molar-refractivity contribution is 7.91. The molecule has 0 bridgehead atoms. The number of nitrogens with one attached hydrogen (secondary N) is 1. The van der Waals surface area contributed by atoms with Crippen molar-refractivity contribution in [3.05, 3.63) is 48.2 Å². The lowest BCUT2D eigenvalue weighted by molar-refractivity contribution is 0.0945. The van der Waals surface area contributed by atoms with E-state index in [1.54, 1.807) is 12.4 Å². The third-order valence-electron chi connectivity index (χ3n) is 4.36. The zero-order valence-electron chi connectivity index (χ0n) is 14.5. The molecule has 0 radical (unpaired) electrons. The zero-order chi connectivity index (χ0) is 18.6. The number of nitrogens with zero attached hydrogens (tertiary/aromatic N) is 4. The fraction of sp³-hybridized carbons (Fsp3) is 0.412. The summed E-state index contributed by atoms with van der Waals surface area (Å²) in [5, 5.41) is 2.78. The van der Waals surface area contributed by atoms with Crippen molar-refractivity contribution in [2.24, 2.45) is 0 Å². The van der Waals surface area contributed by atoms with Gasteiger partial charge in [-0.3, -0.25) is 9.78 Å². The summed E-state index contributed by atoms with van der Waals surface area (Å²) < 4.78 is 23.4. The molecule has 1 N–H and O–H groups in total. The minimum Gasteiger partial charge on any atom is -0.352 e. The van der Waals surface area contributed by atoms with Crippen molar-refractivity contribution in [2.45, 2.75) is 25.9 Å². The molecule has 9 heteroatoms. The Kier molecular flexibility index (Phi) is 5.46. The zero-order valence-corrected chi connectivity index (χ0v) is 15.3. The third kappa shape index (κ3) is 4.34. The molecule has 1 aliphatic heterocycles. The highest BCUT2D eigenvalue weighted by atomic mass is 32.2. The van der Waals surface area contributed by atoms with E-state index in [-0.39, 0.29) is 29.1 Å². The molecule has 3 rings (SSSR count). The Morgan fingerprint density at radius 1 is 1.27 bits per heavy atom. The molecule has 2 aromatic heterocycles. The SMILES string of the molecule is CCN(c1cnc(C(=O)NCc2ccncc2)cn1)C1CCS(=O)(=O)C1. The van der Waals surface area contributed by atoms with Gasteiger partial charge in [0.25, 0.3) is 5.91 Å². The van der Waals surface area contributed by atoms with Gasteiger partial charge in [-0.05, 0) is 31.0 Å². The highest BCUT2D eigenvalue weighted by Gasteiger charge is 2.32. The standard InChI is InChI=1S/C17H21N5O3S/c1-2-22(14-5-8-26(24,25)12-14)16-11-19-15(10-20-16)17(23)21-9-13-3-6-18-7-4-13/h3-4,6-7,10-11,14H,2,5,8-9,12H2,1H3,(H,21,23). The number of anilines is 1. The van der Waals surface area contributed by atoms with Crippen molar-refractivity contribution in [2.75, 3.05) is 23.0 Å². The summed E-state index contributed by atoms with van der Waals surface area (Å²) in [6.45, 7) is 2.95. The van der Waals surface area contributed by atoms with Gasteiger partial charge >= 0.3 is 0 Å². The number of aromatic nitrogens is 3. The molecular weight excluding hydrogens is 354 g/mol. The second kappa shape index (κ2) is 7.77. The first-order valence-electron chi connectivity index (χ1n) is 8.44. The van der Waals surface area contributed by atoms with E-state index in [0.717, 1.165) is 5.56 Å². The van der Waals surface area contributed by atoms with Crippen molar-refractivity contribution >= 4 is 21.6 Å². The Labute approximate surface area is 152 Å². The average Bonchev–Trinajstić information content (AvgIpc) is 3.01. The van der Waals surface area contributed by atoms with Crippen LogP contribution in [0.25, 0.3) is 0 Å². The van der Waals surface area contributed by atoms with Crippen LogP contribution in [-0.4, -0.2) is 53.4 Å². The van der Waals surface area contributed by atoms with Gasteiger partial charge in [-0.15, -0.1) is 0 Å². The minimum absolute atomic E-state index is 0.0920. The lowest BCUT2D eigenvalue weighted by Gasteiger charge is -2.27. The van der Waals surface area contributed by atoms with E-state index in [1.165, 1.54) is 12.4 Å². The molecule has 0 saturated carbocycles. The van der Waals surface area contributed by atoms with Crippen molar-refractivity contribution in [3.8, 4) is 0 Å². The maximum atomic E-state index is 12.2. The van der Waals surface area contributed by atoms with Crippen LogP contribution in [0.3, 0.4) is 0 Å². The normalized spacial score (nSPS) is 18.4. The van der Waals surface area contributed by atoms with Crippen LogP contribution in [0, 0.1) is 0 Å². The van der Waals surface area contributed by atoms with E-state index < -0.39 is 9.84 Å². The molecule has 0 spiro atoms. The number of carbonyl (C=O) groups is 1. The van der Waals surface area contributed by atoms with Crippen molar-refractivity contribution in [1.82, 2.24) is 20.3 Å². The van der Waals surface area contributed by atoms with E-state index in [2.05, 4.69) is 20.3 Å². The summed E-state index contributed by atoms with van der Waals surface area (Å²) in [5.74, 6) is 0.612. The Hall–Kier alpha value is -2.55. The monoisotopic (exact) mass is 375 g/mol. The van der Waals surface area contributed by atoms with Crippen molar-refractivity contribution in [1.29, 1.82) is 0 Å². The quantitative estimate of drug-likeness (QED) is 0.797. The lowest BCUT2D eigenvalue weighted by atomic mass is 10.2. The molecular formula is C17H21N5O3S. The molecule has 1 aliphatic rings. The van der Waals surface area contributed by atoms with Crippen LogP contribution >= 0.6 is 0 Å². The van der Waals surface area contributed by atoms with E-state index in [0.29, 0.717) is 25.3 Å². The number of hydrogen-bond acceptors (Lipinski definition) is 7. The molecule has 138 valence electrons.